The van der Waals surface area contributed by atoms with Gasteiger partial charge in [0.05, 0.1) is 11.6 Å². The minimum atomic E-state index is -0.654. The van der Waals surface area contributed by atoms with Crippen molar-refractivity contribution >= 4 is 40.2 Å². The van der Waals surface area contributed by atoms with Crippen LogP contribution in [0.15, 0.2) is 42.5 Å². The predicted octanol–water partition coefficient (Wildman–Crippen LogP) is 3.03. The SMILES string of the molecule is Cc1cc(I)ccc1NC(=O)COC(=O)COc1ccc(C#N)cc1. The van der Waals surface area contributed by atoms with E-state index in [-0.39, 0.29) is 13.2 Å². The van der Waals surface area contributed by atoms with Crippen molar-refractivity contribution in [2.75, 3.05) is 18.5 Å². The van der Waals surface area contributed by atoms with Crippen LogP contribution in [0.4, 0.5) is 5.69 Å². The van der Waals surface area contributed by atoms with Gasteiger partial charge in [-0.1, -0.05) is 0 Å². The molecule has 0 aliphatic heterocycles. The first-order valence-corrected chi connectivity index (χ1v) is 8.40. The number of carbonyl (C=O) groups is 2. The van der Waals surface area contributed by atoms with Crippen LogP contribution in [0.3, 0.4) is 0 Å². The Morgan fingerprint density at radius 3 is 2.52 bits per heavy atom. The highest BCUT2D eigenvalue weighted by Gasteiger charge is 2.10. The average molecular weight is 450 g/mol. The molecule has 0 atom stereocenters. The number of esters is 1. The number of hydrogen-bond acceptors (Lipinski definition) is 5. The minimum absolute atomic E-state index is 0.318. The molecule has 0 fully saturated rings. The Balaban J connectivity index is 1.75. The summed E-state index contributed by atoms with van der Waals surface area (Å²) in [7, 11) is 0. The van der Waals surface area contributed by atoms with Gasteiger partial charge in [-0.3, -0.25) is 4.79 Å². The van der Waals surface area contributed by atoms with E-state index in [4.69, 9.17) is 14.7 Å². The first-order valence-electron chi connectivity index (χ1n) is 7.32. The molecule has 25 heavy (non-hydrogen) atoms. The van der Waals surface area contributed by atoms with Crippen LogP contribution in [0, 0.1) is 21.8 Å². The van der Waals surface area contributed by atoms with Crippen LogP contribution in [0.2, 0.25) is 0 Å². The lowest BCUT2D eigenvalue weighted by Crippen LogP contribution is -2.24. The Kier molecular flexibility index (Phi) is 6.77. The number of hydrogen-bond donors (Lipinski definition) is 1. The number of nitriles is 1. The first kappa shape index (κ1) is 18.7. The number of anilines is 1. The molecule has 1 N–H and O–H groups in total. The van der Waals surface area contributed by atoms with Gasteiger partial charge in [0.15, 0.2) is 13.2 Å². The predicted molar refractivity (Wildman–Crippen MR) is 100 cm³/mol. The first-order chi connectivity index (χ1) is 12.0. The zero-order valence-corrected chi connectivity index (χ0v) is 15.6. The summed E-state index contributed by atoms with van der Waals surface area (Å²) < 4.78 is 11.2. The fourth-order valence-electron chi connectivity index (χ4n) is 1.91. The Morgan fingerprint density at radius 2 is 1.88 bits per heavy atom. The van der Waals surface area contributed by atoms with E-state index < -0.39 is 11.9 Å². The van der Waals surface area contributed by atoms with Gasteiger partial charge in [-0.05, 0) is 77.5 Å². The van der Waals surface area contributed by atoms with E-state index >= 15 is 0 Å². The Hall–Kier alpha value is -2.60. The molecule has 0 saturated heterocycles. The number of rotatable bonds is 6. The molecule has 0 unspecified atom stereocenters. The summed E-state index contributed by atoms with van der Waals surface area (Å²) >= 11 is 2.19. The highest BCUT2D eigenvalue weighted by atomic mass is 127. The number of amides is 1. The summed E-state index contributed by atoms with van der Waals surface area (Å²) in [6.45, 7) is 1.18. The van der Waals surface area contributed by atoms with Gasteiger partial charge < -0.3 is 14.8 Å². The van der Waals surface area contributed by atoms with Crippen molar-refractivity contribution in [1.29, 1.82) is 5.26 Å². The highest BCUT2D eigenvalue weighted by Crippen LogP contribution is 2.17. The molecular weight excluding hydrogens is 435 g/mol. The van der Waals surface area contributed by atoms with Gasteiger partial charge in [0, 0.05) is 9.26 Å². The topological polar surface area (TPSA) is 88.4 Å². The third-order valence-electron chi connectivity index (χ3n) is 3.17. The van der Waals surface area contributed by atoms with Gasteiger partial charge in [-0.2, -0.15) is 5.26 Å². The van der Waals surface area contributed by atoms with E-state index in [0.29, 0.717) is 17.0 Å². The van der Waals surface area contributed by atoms with Crippen LogP contribution in [-0.2, 0) is 14.3 Å². The van der Waals surface area contributed by atoms with Crippen LogP contribution in [-0.4, -0.2) is 25.1 Å². The van der Waals surface area contributed by atoms with Crippen molar-refractivity contribution in [3.8, 4) is 11.8 Å². The minimum Gasteiger partial charge on any atom is -0.482 e. The zero-order valence-electron chi connectivity index (χ0n) is 13.4. The molecule has 0 aliphatic carbocycles. The monoisotopic (exact) mass is 450 g/mol. The maximum atomic E-state index is 11.8. The Bertz CT molecular complexity index is 813. The number of benzene rings is 2. The van der Waals surface area contributed by atoms with E-state index in [1.165, 1.54) is 0 Å². The van der Waals surface area contributed by atoms with Gasteiger partial charge in [-0.15, -0.1) is 0 Å². The molecule has 0 saturated carbocycles. The number of nitrogens with zero attached hydrogens (tertiary/aromatic N) is 1. The van der Waals surface area contributed by atoms with Crippen molar-refractivity contribution in [1.82, 2.24) is 0 Å². The van der Waals surface area contributed by atoms with Crippen molar-refractivity contribution < 1.29 is 19.1 Å². The summed E-state index contributed by atoms with van der Waals surface area (Å²) in [4.78, 5) is 23.5. The lowest BCUT2D eigenvalue weighted by Gasteiger charge is -2.10. The third-order valence-corrected chi connectivity index (χ3v) is 3.84. The van der Waals surface area contributed by atoms with Crippen molar-refractivity contribution in [3.63, 3.8) is 0 Å². The van der Waals surface area contributed by atoms with E-state index in [9.17, 15) is 9.59 Å². The second kappa shape index (κ2) is 9.03. The lowest BCUT2D eigenvalue weighted by atomic mass is 10.2. The molecule has 7 heteroatoms. The van der Waals surface area contributed by atoms with Crippen LogP contribution >= 0.6 is 22.6 Å². The van der Waals surface area contributed by atoms with Crippen LogP contribution < -0.4 is 10.1 Å². The van der Waals surface area contributed by atoms with Crippen molar-refractivity contribution in [2.45, 2.75) is 6.92 Å². The van der Waals surface area contributed by atoms with Gasteiger partial charge >= 0.3 is 5.97 Å². The van der Waals surface area contributed by atoms with Crippen molar-refractivity contribution in [3.05, 3.63) is 57.2 Å². The largest absolute Gasteiger partial charge is 0.482 e. The molecule has 128 valence electrons. The molecular formula is C18H15IN2O4. The molecule has 0 heterocycles. The van der Waals surface area contributed by atoms with Gasteiger partial charge in [-0.25, -0.2) is 4.79 Å². The molecule has 2 rings (SSSR count). The second-order valence-electron chi connectivity index (χ2n) is 5.09. The molecule has 1 amide bonds. The molecule has 0 spiro atoms. The molecule has 2 aromatic carbocycles. The number of halogens is 1. The molecule has 0 aromatic heterocycles. The molecule has 0 aliphatic rings. The normalized spacial score (nSPS) is 9.80. The number of ether oxygens (including phenoxy) is 2. The smallest absolute Gasteiger partial charge is 0.344 e. The maximum Gasteiger partial charge on any atom is 0.344 e. The van der Waals surface area contributed by atoms with Crippen LogP contribution in [0.1, 0.15) is 11.1 Å². The van der Waals surface area contributed by atoms with Gasteiger partial charge in [0.25, 0.3) is 5.91 Å². The zero-order chi connectivity index (χ0) is 18.2. The van der Waals surface area contributed by atoms with E-state index in [0.717, 1.165) is 9.13 Å². The standard InChI is InChI=1S/C18H15IN2O4/c1-12-8-14(19)4-7-16(12)21-17(22)10-25-18(23)11-24-15-5-2-13(9-20)3-6-15/h2-8H,10-11H2,1H3,(H,21,22). The molecule has 6 nitrogen and oxygen atoms in total. The summed E-state index contributed by atoms with van der Waals surface area (Å²) in [5, 5.41) is 11.4. The second-order valence-corrected chi connectivity index (χ2v) is 6.34. The van der Waals surface area contributed by atoms with E-state index in [1.54, 1.807) is 30.3 Å². The number of aryl methyl sites for hydroxylation is 1. The van der Waals surface area contributed by atoms with Gasteiger partial charge in [0.2, 0.25) is 0 Å². The molecule has 0 radical (unpaired) electrons. The van der Waals surface area contributed by atoms with Gasteiger partial charge in [0.1, 0.15) is 5.75 Å². The quantitative estimate of drug-likeness (QED) is 0.540. The van der Waals surface area contributed by atoms with Crippen LogP contribution in [0.5, 0.6) is 5.75 Å². The summed E-state index contributed by atoms with van der Waals surface area (Å²) in [5.74, 6) is -0.634. The number of carbonyl (C=O) groups excluding carboxylic acids is 2. The third kappa shape index (κ3) is 6.08. The molecule has 2 aromatic rings. The summed E-state index contributed by atoms with van der Waals surface area (Å²) in [5.41, 5.74) is 2.10. The van der Waals surface area contributed by atoms with Crippen molar-refractivity contribution in [2.24, 2.45) is 0 Å². The molecule has 0 bridgehead atoms. The number of nitrogens with one attached hydrogen (secondary N) is 1. The average Bonchev–Trinajstić information content (AvgIpc) is 2.61. The fraction of sp³-hybridized carbons (Fsp3) is 0.167. The van der Waals surface area contributed by atoms with Crippen LogP contribution in [0.25, 0.3) is 0 Å². The Morgan fingerprint density at radius 1 is 1.16 bits per heavy atom. The Labute approximate surface area is 158 Å². The lowest BCUT2D eigenvalue weighted by molar-refractivity contribution is -0.149. The van der Waals surface area contributed by atoms with E-state index in [2.05, 4.69) is 27.9 Å². The summed E-state index contributed by atoms with van der Waals surface area (Å²) in [6, 6.07) is 13.9. The van der Waals surface area contributed by atoms with E-state index in [1.807, 2.05) is 25.1 Å². The maximum absolute atomic E-state index is 11.8. The highest BCUT2D eigenvalue weighted by molar-refractivity contribution is 14.1. The fourth-order valence-corrected chi connectivity index (χ4v) is 2.56. The summed E-state index contributed by atoms with van der Waals surface area (Å²) in [6.07, 6.45) is 0.